The van der Waals surface area contributed by atoms with Crippen LogP contribution in [0.1, 0.15) is 5.69 Å². The lowest BCUT2D eigenvalue weighted by Crippen LogP contribution is -1.91. The fourth-order valence-corrected chi connectivity index (χ4v) is 2.30. The van der Waals surface area contributed by atoms with Crippen molar-refractivity contribution >= 4 is 22.5 Å². The van der Waals surface area contributed by atoms with Crippen molar-refractivity contribution < 1.29 is 5.11 Å². The molecule has 0 spiro atoms. The number of aromatic nitrogens is 1. The van der Waals surface area contributed by atoms with E-state index in [2.05, 4.69) is 11.1 Å². The number of aromatic hydroxyl groups is 1. The third kappa shape index (κ3) is 2.07. The standard InChI is InChI=1S/C16H9ClN2O/c17-11-5-6-16(20)13(8-11)12-7-10-3-1-2-4-14(10)19-15(12)9-18/h1-8,20H. The van der Waals surface area contributed by atoms with Gasteiger partial charge in [0.1, 0.15) is 17.5 Å². The molecule has 96 valence electrons. The van der Waals surface area contributed by atoms with Crippen molar-refractivity contribution in [1.82, 2.24) is 4.98 Å². The van der Waals surface area contributed by atoms with Crippen molar-refractivity contribution in [3.8, 4) is 22.9 Å². The van der Waals surface area contributed by atoms with E-state index in [0.29, 0.717) is 16.1 Å². The molecule has 3 nitrogen and oxygen atoms in total. The van der Waals surface area contributed by atoms with Crippen LogP contribution in [-0.2, 0) is 0 Å². The van der Waals surface area contributed by atoms with Crippen LogP contribution in [0.25, 0.3) is 22.0 Å². The summed E-state index contributed by atoms with van der Waals surface area (Å²) in [5.41, 5.74) is 2.09. The number of hydrogen-bond acceptors (Lipinski definition) is 3. The highest BCUT2D eigenvalue weighted by atomic mass is 35.5. The van der Waals surface area contributed by atoms with Crippen LogP contribution in [0.15, 0.2) is 48.5 Å². The number of rotatable bonds is 1. The zero-order chi connectivity index (χ0) is 14.1. The first-order valence-electron chi connectivity index (χ1n) is 5.98. The molecule has 4 heteroatoms. The van der Waals surface area contributed by atoms with Crippen LogP contribution >= 0.6 is 11.6 Å². The lowest BCUT2D eigenvalue weighted by Gasteiger charge is -2.08. The van der Waals surface area contributed by atoms with Crippen LogP contribution in [0.4, 0.5) is 0 Å². The number of benzene rings is 2. The van der Waals surface area contributed by atoms with Gasteiger partial charge < -0.3 is 5.11 Å². The molecule has 0 aliphatic carbocycles. The summed E-state index contributed by atoms with van der Waals surface area (Å²) in [5.74, 6) is 0.0722. The predicted molar refractivity (Wildman–Crippen MR) is 78.6 cm³/mol. The third-order valence-electron chi connectivity index (χ3n) is 3.08. The Hall–Kier alpha value is -2.57. The molecule has 20 heavy (non-hydrogen) atoms. The maximum absolute atomic E-state index is 9.98. The molecule has 1 N–H and O–H groups in total. The van der Waals surface area contributed by atoms with E-state index in [9.17, 15) is 10.4 Å². The number of hydrogen-bond donors (Lipinski definition) is 1. The zero-order valence-corrected chi connectivity index (χ0v) is 11.1. The normalized spacial score (nSPS) is 10.4. The van der Waals surface area contributed by atoms with Crippen molar-refractivity contribution in [2.75, 3.05) is 0 Å². The summed E-state index contributed by atoms with van der Waals surface area (Å²) in [6, 6.07) is 16.2. The summed E-state index contributed by atoms with van der Waals surface area (Å²) in [7, 11) is 0. The molecule has 0 saturated heterocycles. The largest absolute Gasteiger partial charge is 0.507 e. The zero-order valence-electron chi connectivity index (χ0n) is 10.3. The van der Waals surface area contributed by atoms with Crippen molar-refractivity contribution in [2.45, 2.75) is 0 Å². The number of phenols is 1. The molecule has 1 aromatic heterocycles. The number of nitrogens with zero attached hydrogens (tertiary/aromatic N) is 2. The second-order valence-electron chi connectivity index (χ2n) is 4.35. The molecule has 0 fully saturated rings. The van der Waals surface area contributed by atoms with Crippen molar-refractivity contribution in [1.29, 1.82) is 5.26 Å². The number of nitriles is 1. The Balaban J connectivity index is 2.35. The van der Waals surface area contributed by atoms with Crippen LogP contribution < -0.4 is 0 Å². The second-order valence-corrected chi connectivity index (χ2v) is 4.79. The molecule has 3 rings (SSSR count). The molecule has 0 atom stereocenters. The minimum atomic E-state index is 0.0722. The number of halogens is 1. The number of phenolic OH excluding ortho intramolecular Hbond substituents is 1. The molecule has 0 aliphatic rings. The summed E-state index contributed by atoms with van der Waals surface area (Å²) < 4.78 is 0. The van der Waals surface area contributed by atoms with E-state index in [1.54, 1.807) is 12.1 Å². The highest BCUT2D eigenvalue weighted by Crippen LogP contribution is 2.34. The van der Waals surface area contributed by atoms with Crippen molar-refractivity contribution in [3.63, 3.8) is 0 Å². The molecule has 2 aromatic carbocycles. The second kappa shape index (κ2) is 4.84. The Morgan fingerprint density at radius 2 is 1.85 bits per heavy atom. The van der Waals surface area contributed by atoms with Crippen LogP contribution in [0.5, 0.6) is 5.75 Å². The van der Waals surface area contributed by atoms with E-state index in [4.69, 9.17) is 11.6 Å². The Labute approximate surface area is 120 Å². The summed E-state index contributed by atoms with van der Waals surface area (Å²) in [4.78, 5) is 4.33. The minimum absolute atomic E-state index is 0.0722. The smallest absolute Gasteiger partial charge is 0.149 e. The number of para-hydroxylation sites is 1. The van der Waals surface area contributed by atoms with E-state index in [1.807, 2.05) is 30.3 Å². The third-order valence-corrected chi connectivity index (χ3v) is 3.31. The van der Waals surface area contributed by atoms with E-state index in [1.165, 1.54) is 6.07 Å². The average molecular weight is 281 g/mol. The van der Waals surface area contributed by atoms with Gasteiger partial charge in [-0.15, -0.1) is 0 Å². The highest BCUT2D eigenvalue weighted by molar-refractivity contribution is 6.31. The van der Waals surface area contributed by atoms with Gasteiger partial charge in [0.25, 0.3) is 0 Å². The van der Waals surface area contributed by atoms with Gasteiger partial charge in [0.05, 0.1) is 5.52 Å². The Morgan fingerprint density at radius 1 is 1.05 bits per heavy atom. The minimum Gasteiger partial charge on any atom is -0.507 e. The van der Waals surface area contributed by atoms with Gasteiger partial charge in [0, 0.05) is 21.5 Å². The first-order valence-corrected chi connectivity index (χ1v) is 6.35. The SMILES string of the molecule is N#Cc1nc2ccccc2cc1-c1cc(Cl)ccc1O. The van der Waals surface area contributed by atoms with Crippen molar-refractivity contribution in [2.24, 2.45) is 0 Å². The van der Waals surface area contributed by atoms with Gasteiger partial charge in [-0.1, -0.05) is 29.8 Å². The molecular weight excluding hydrogens is 272 g/mol. The van der Waals surface area contributed by atoms with Gasteiger partial charge in [-0.25, -0.2) is 4.98 Å². The molecule has 0 radical (unpaired) electrons. The maximum Gasteiger partial charge on any atom is 0.149 e. The van der Waals surface area contributed by atoms with Crippen LogP contribution in [0.2, 0.25) is 5.02 Å². The van der Waals surface area contributed by atoms with Gasteiger partial charge in [-0.3, -0.25) is 0 Å². The lowest BCUT2D eigenvalue weighted by molar-refractivity contribution is 0.477. The van der Waals surface area contributed by atoms with Gasteiger partial charge in [0.15, 0.2) is 0 Å². The number of fused-ring (bicyclic) bond motifs is 1. The quantitative estimate of drug-likeness (QED) is 0.729. The monoisotopic (exact) mass is 280 g/mol. The molecule has 3 aromatic rings. The Morgan fingerprint density at radius 3 is 2.65 bits per heavy atom. The van der Waals surface area contributed by atoms with Gasteiger partial charge in [-0.05, 0) is 30.3 Å². The van der Waals surface area contributed by atoms with E-state index in [0.717, 1.165) is 10.9 Å². The molecule has 0 unspecified atom stereocenters. The first kappa shape index (κ1) is 12.5. The van der Waals surface area contributed by atoms with Gasteiger partial charge in [-0.2, -0.15) is 5.26 Å². The molecule has 0 amide bonds. The average Bonchev–Trinajstić information content (AvgIpc) is 2.48. The number of pyridine rings is 1. The van der Waals surface area contributed by atoms with Crippen LogP contribution in [0.3, 0.4) is 0 Å². The lowest BCUT2D eigenvalue weighted by atomic mass is 10.0. The fourth-order valence-electron chi connectivity index (χ4n) is 2.13. The molecule has 0 bridgehead atoms. The Kier molecular flexibility index (Phi) is 3.02. The molecule has 0 saturated carbocycles. The summed E-state index contributed by atoms with van der Waals surface area (Å²) >= 11 is 5.97. The fraction of sp³-hybridized carbons (Fsp3) is 0. The summed E-state index contributed by atoms with van der Waals surface area (Å²) in [6.45, 7) is 0. The van der Waals surface area contributed by atoms with Gasteiger partial charge in [0.2, 0.25) is 0 Å². The topological polar surface area (TPSA) is 56.9 Å². The van der Waals surface area contributed by atoms with Crippen LogP contribution in [-0.4, -0.2) is 10.1 Å². The van der Waals surface area contributed by atoms with Gasteiger partial charge >= 0.3 is 0 Å². The molecule has 0 aliphatic heterocycles. The highest BCUT2D eigenvalue weighted by Gasteiger charge is 2.12. The van der Waals surface area contributed by atoms with Crippen LogP contribution in [0, 0.1) is 11.3 Å². The first-order chi connectivity index (χ1) is 9.69. The maximum atomic E-state index is 9.98. The molecular formula is C16H9ClN2O. The summed E-state index contributed by atoms with van der Waals surface area (Å²) in [6.07, 6.45) is 0. The van der Waals surface area contributed by atoms with E-state index < -0.39 is 0 Å². The van der Waals surface area contributed by atoms with Crippen molar-refractivity contribution in [3.05, 3.63) is 59.2 Å². The Bertz CT molecular complexity index is 853. The van der Waals surface area contributed by atoms with E-state index >= 15 is 0 Å². The predicted octanol–water partition coefficient (Wildman–Crippen LogP) is 4.13. The summed E-state index contributed by atoms with van der Waals surface area (Å²) in [5, 5.41) is 20.7. The van der Waals surface area contributed by atoms with E-state index in [-0.39, 0.29) is 11.4 Å². The molecule has 1 heterocycles.